The summed E-state index contributed by atoms with van der Waals surface area (Å²) in [7, 11) is -3.44. The zero-order chi connectivity index (χ0) is 12.6. The molecule has 0 aromatic rings. The van der Waals surface area contributed by atoms with Crippen molar-refractivity contribution in [2.45, 2.75) is 44.1 Å². The van der Waals surface area contributed by atoms with E-state index in [9.17, 15) is 13.5 Å². The third-order valence-electron chi connectivity index (χ3n) is 4.16. The van der Waals surface area contributed by atoms with Gasteiger partial charge < -0.3 is 5.11 Å². The van der Waals surface area contributed by atoms with Crippen LogP contribution >= 0.6 is 0 Å². The van der Waals surface area contributed by atoms with Crippen molar-refractivity contribution in [3.8, 4) is 0 Å². The van der Waals surface area contributed by atoms with Crippen molar-refractivity contribution >= 4 is 10.1 Å². The highest BCUT2D eigenvalue weighted by atomic mass is 32.2. The third-order valence-corrected chi connectivity index (χ3v) is 4.71. The summed E-state index contributed by atoms with van der Waals surface area (Å²) >= 11 is 0. The SMILES string of the molecule is CS(=O)(=O)OC[C@]12CC=CC[C@@]1(O)CCCC2. The lowest BCUT2D eigenvalue weighted by Gasteiger charge is -2.51. The smallest absolute Gasteiger partial charge is 0.264 e. The van der Waals surface area contributed by atoms with Crippen LogP contribution < -0.4 is 0 Å². The van der Waals surface area contributed by atoms with Crippen molar-refractivity contribution in [2.75, 3.05) is 12.9 Å². The van der Waals surface area contributed by atoms with Gasteiger partial charge in [-0.25, -0.2) is 0 Å². The van der Waals surface area contributed by atoms with E-state index in [1.54, 1.807) is 0 Å². The van der Waals surface area contributed by atoms with Crippen LogP contribution in [0.15, 0.2) is 12.2 Å². The molecule has 0 heterocycles. The lowest BCUT2D eigenvalue weighted by Crippen LogP contribution is -2.54. The first kappa shape index (κ1) is 13.1. The van der Waals surface area contributed by atoms with Gasteiger partial charge in [-0.2, -0.15) is 8.42 Å². The average Bonchev–Trinajstić information content (AvgIpc) is 2.25. The Hall–Kier alpha value is -0.390. The number of fused-ring (bicyclic) bond motifs is 1. The molecule has 0 saturated heterocycles. The molecule has 2 rings (SSSR count). The van der Waals surface area contributed by atoms with Gasteiger partial charge in [0.1, 0.15) is 0 Å². The predicted molar refractivity (Wildman–Crippen MR) is 65.0 cm³/mol. The Labute approximate surface area is 103 Å². The van der Waals surface area contributed by atoms with Gasteiger partial charge in [0.15, 0.2) is 0 Å². The van der Waals surface area contributed by atoms with Crippen LogP contribution in [0.2, 0.25) is 0 Å². The second kappa shape index (κ2) is 4.37. The highest BCUT2D eigenvalue weighted by Gasteiger charge is 2.52. The second-order valence-electron chi connectivity index (χ2n) is 5.36. The molecule has 0 spiro atoms. The van der Waals surface area contributed by atoms with Crippen LogP contribution in [0, 0.1) is 5.41 Å². The fourth-order valence-electron chi connectivity index (χ4n) is 3.06. The first-order valence-electron chi connectivity index (χ1n) is 6.09. The van der Waals surface area contributed by atoms with Gasteiger partial charge in [0.05, 0.1) is 18.5 Å². The van der Waals surface area contributed by atoms with Crippen LogP contribution in [0.25, 0.3) is 0 Å². The zero-order valence-electron chi connectivity index (χ0n) is 10.2. The maximum atomic E-state index is 11.1. The molecule has 2 aliphatic rings. The molecular formula is C12H20O4S. The maximum Gasteiger partial charge on any atom is 0.264 e. The van der Waals surface area contributed by atoms with Gasteiger partial charge in [-0.15, -0.1) is 0 Å². The molecule has 17 heavy (non-hydrogen) atoms. The Morgan fingerprint density at radius 2 is 1.88 bits per heavy atom. The normalized spacial score (nSPS) is 37.8. The first-order chi connectivity index (χ1) is 7.87. The van der Waals surface area contributed by atoms with Gasteiger partial charge in [-0.05, 0) is 25.7 Å². The van der Waals surface area contributed by atoms with Crippen molar-refractivity contribution in [1.29, 1.82) is 0 Å². The Bertz CT molecular complexity index is 414. The molecule has 1 fully saturated rings. The summed E-state index contributed by atoms with van der Waals surface area (Å²) in [5, 5.41) is 10.7. The highest BCUT2D eigenvalue weighted by molar-refractivity contribution is 7.85. The standard InChI is InChI=1S/C12H20O4S/c1-17(14,15)16-10-11-6-2-4-8-12(11,13)9-5-3-7-11/h2,4,13H,3,5-10H2,1H3/t11-,12-/m1/s1. The van der Waals surface area contributed by atoms with Gasteiger partial charge >= 0.3 is 0 Å². The topological polar surface area (TPSA) is 63.6 Å². The van der Waals surface area contributed by atoms with E-state index in [4.69, 9.17) is 4.18 Å². The molecule has 1 saturated carbocycles. The molecule has 0 aliphatic heterocycles. The predicted octanol–water partition coefficient (Wildman–Crippen LogP) is 1.60. The van der Waals surface area contributed by atoms with E-state index < -0.39 is 21.1 Å². The molecule has 4 nitrogen and oxygen atoms in total. The Kier molecular flexibility index (Phi) is 3.36. The Balaban J connectivity index is 2.21. The van der Waals surface area contributed by atoms with Crippen LogP contribution in [0.5, 0.6) is 0 Å². The van der Waals surface area contributed by atoms with Crippen molar-refractivity contribution in [1.82, 2.24) is 0 Å². The van der Waals surface area contributed by atoms with Crippen molar-refractivity contribution in [3.63, 3.8) is 0 Å². The lowest BCUT2D eigenvalue weighted by molar-refractivity contribution is -0.132. The highest BCUT2D eigenvalue weighted by Crippen LogP contribution is 2.51. The maximum absolute atomic E-state index is 11.1. The van der Waals surface area contributed by atoms with Crippen LogP contribution in [0.4, 0.5) is 0 Å². The summed E-state index contributed by atoms with van der Waals surface area (Å²) in [6.07, 6.45) is 10.0. The van der Waals surface area contributed by atoms with Crippen molar-refractivity contribution in [3.05, 3.63) is 12.2 Å². The molecule has 2 aliphatic carbocycles. The van der Waals surface area contributed by atoms with Crippen molar-refractivity contribution < 1.29 is 17.7 Å². The van der Waals surface area contributed by atoms with Crippen LogP contribution in [0.3, 0.4) is 0 Å². The molecule has 0 amide bonds. The van der Waals surface area contributed by atoms with Gasteiger partial charge in [0.25, 0.3) is 10.1 Å². The molecule has 0 radical (unpaired) electrons. The molecule has 0 aromatic carbocycles. The van der Waals surface area contributed by atoms with Crippen molar-refractivity contribution in [2.24, 2.45) is 5.41 Å². The second-order valence-corrected chi connectivity index (χ2v) is 7.01. The summed E-state index contributed by atoms with van der Waals surface area (Å²) in [6.45, 7) is 0.104. The van der Waals surface area contributed by atoms with E-state index in [0.29, 0.717) is 12.8 Å². The number of aliphatic hydroxyl groups is 1. The Morgan fingerprint density at radius 3 is 2.59 bits per heavy atom. The first-order valence-corrected chi connectivity index (χ1v) is 7.90. The molecule has 98 valence electrons. The van der Waals surface area contributed by atoms with Gasteiger partial charge in [-0.3, -0.25) is 4.18 Å². The van der Waals surface area contributed by atoms with E-state index in [2.05, 4.69) is 0 Å². The summed E-state index contributed by atoms with van der Waals surface area (Å²) < 4.78 is 27.2. The molecule has 2 atom stereocenters. The average molecular weight is 260 g/mol. The van der Waals surface area contributed by atoms with Crippen LogP contribution in [-0.4, -0.2) is 32.0 Å². The van der Waals surface area contributed by atoms with Crippen LogP contribution in [-0.2, 0) is 14.3 Å². The number of allylic oxidation sites excluding steroid dienone is 1. The molecule has 0 bridgehead atoms. The minimum atomic E-state index is -3.44. The fourth-order valence-corrected chi connectivity index (χ4v) is 3.50. The summed E-state index contributed by atoms with van der Waals surface area (Å²) in [5.41, 5.74) is -1.20. The van der Waals surface area contributed by atoms with Gasteiger partial charge in [-0.1, -0.05) is 25.0 Å². The van der Waals surface area contributed by atoms with E-state index in [0.717, 1.165) is 31.9 Å². The fraction of sp³-hybridized carbons (Fsp3) is 0.833. The van der Waals surface area contributed by atoms with E-state index >= 15 is 0 Å². The van der Waals surface area contributed by atoms with Gasteiger partial charge in [0.2, 0.25) is 0 Å². The van der Waals surface area contributed by atoms with E-state index in [1.165, 1.54) is 0 Å². The third kappa shape index (κ3) is 2.56. The molecule has 0 unspecified atom stereocenters. The lowest BCUT2D eigenvalue weighted by atomic mass is 9.58. The Morgan fingerprint density at radius 1 is 1.24 bits per heavy atom. The molecule has 0 aromatic heterocycles. The van der Waals surface area contributed by atoms with Gasteiger partial charge in [0, 0.05) is 5.41 Å². The molecular weight excluding hydrogens is 240 g/mol. The quantitative estimate of drug-likeness (QED) is 0.618. The summed E-state index contributed by atoms with van der Waals surface area (Å²) in [4.78, 5) is 0. The molecule has 5 heteroatoms. The number of hydrogen-bond acceptors (Lipinski definition) is 4. The monoisotopic (exact) mass is 260 g/mol. The minimum Gasteiger partial charge on any atom is -0.389 e. The van der Waals surface area contributed by atoms with E-state index in [1.807, 2.05) is 12.2 Å². The number of hydrogen-bond donors (Lipinski definition) is 1. The minimum absolute atomic E-state index is 0.104. The van der Waals surface area contributed by atoms with E-state index in [-0.39, 0.29) is 6.61 Å². The molecule has 1 N–H and O–H groups in total. The van der Waals surface area contributed by atoms with Crippen LogP contribution in [0.1, 0.15) is 38.5 Å². The summed E-state index contributed by atoms with van der Waals surface area (Å²) in [6, 6.07) is 0. The zero-order valence-corrected chi connectivity index (χ0v) is 11.0. The summed E-state index contributed by atoms with van der Waals surface area (Å²) in [5.74, 6) is 0. The number of rotatable bonds is 3. The largest absolute Gasteiger partial charge is 0.389 e.